The molecule has 0 aromatic heterocycles. The summed E-state index contributed by atoms with van der Waals surface area (Å²) < 4.78 is 0.838. The first kappa shape index (κ1) is 17.7. The van der Waals surface area contributed by atoms with Crippen molar-refractivity contribution < 1.29 is 4.79 Å². The lowest BCUT2D eigenvalue weighted by Gasteiger charge is -2.04. The molecular formula is C20H17BrN2OS. The van der Waals surface area contributed by atoms with Crippen molar-refractivity contribution in [3.8, 4) is 0 Å². The fourth-order valence-corrected chi connectivity index (χ4v) is 3.90. The highest BCUT2D eigenvalue weighted by Gasteiger charge is 2.24. The van der Waals surface area contributed by atoms with Crippen molar-refractivity contribution in [3.63, 3.8) is 0 Å². The van der Waals surface area contributed by atoms with Crippen LogP contribution in [0.25, 0.3) is 6.08 Å². The molecule has 1 amide bonds. The second kappa shape index (κ2) is 7.85. The molecule has 0 saturated carbocycles. The van der Waals surface area contributed by atoms with Crippen molar-refractivity contribution >= 4 is 50.5 Å². The number of rotatable bonds is 3. The third kappa shape index (κ3) is 4.50. The quantitative estimate of drug-likeness (QED) is 0.678. The smallest absolute Gasteiger partial charge is 0.264 e. The van der Waals surface area contributed by atoms with E-state index in [1.165, 1.54) is 11.8 Å². The zero-order valence-corrected chi connectivity index (χ0v) is 16.3. The number of para-hydroxylation sites is 1. The summed E-state index contributed by atoms with van der Waals surface area (Å²) in [4.78, 5) is 17.4. The van der Waals surface area contributed by atoms with E-state index in [0.717, 1.165) is 26.9 Å². The summed E-state index contributed by atoms with van der Waals surface area (Å²) in [7, 11) is 0. The maximum Gasteiger partial charge on any atom is 0.264 e. The topological polar surface area (TPSA) is 41.5 Å². The Hall–Kier alpha value is -2.11. The van der Waals surface area contributed by atoms with Gasteiger partial charge in [-0.1, -0.05) is 64.5 Å². The predicted octanol–water partition coefficient (Wildman–Crippen LogP) is 5.47. The van der Waals surface area contributed by atoms with Gasteiger partial charge in [-0.2, -0.15) is 0 Å². The van der Waals surface area contributed by atoms with Crippen LogP contribution in [0, 0.1) is 13.8 Å². The molecule has 1 N–H and O–H groups in total. The van der Waals surface area contributed by atoms with Gasteiger partial charge in [0.15, 0.2) is 5.17 Å². The molecule has 2 aromatic carbocycles. The minimum absolute atomic E-state index is 0.131. The summed E-state index contributed by atoms with van der Waals surface area (Å²) in [5, 5.41) is 3.44. The second-order valence-electron chi connectivity index (χ2n) is 5.66. The molecule has 0 aliphatic carbocycles. The lowest BCUT2D eigenvalue weighted by molar-refractivity contribution is -0.115. The minimum Gasteiger partial charge on any atom is -0.300 e. The van der Waals surface area contributed by atoms with Crippen LogP contribution in [0.1, 0.15) is 16.7 Å². The number of amidine groups is 1. The van der Waals surface area contributed by atoms with Gasteiger partial charge in [-0.15, -0.1) is 0 Å². The van der Waals surface area contributed by atoms with Crippen LogP contribution in [0.4, 0.5) is 5.69 Å². The summed E-state index contributed by atoms with van der Waals surface area (Å²) in [6, 6.07) is 16.0. The second-order valence-corrected chi connectivity index (χ2v) is 7.61. The summed E-state index contributed by atoms with van der Waals surface area (Å²) >= 11 is 4.86. The van der Waals surface area contributed by atoms with Gasteiger partial charge in [-0.3, -0.25) is 4.79 Å². The number of carbonyl (C=O) groups excluding carboxylic acids is 1. The predicted molar refractivity (Wildman–Crippen MR) is 110 cm³/mol. The molecule has 1 aliphatic rings. The number of aliphatic imine (C=N–C) groups is 1. The van der Waals surface area contributed by atoms with E-state index in [4.69, 9.17) is 0 Å². The van der Waals surface area contributed by atoms with Gasteiger partial charge in [0, 0.05) is 4.48 Å². The molecule has 1 saturated heterocycles. The number of allylic oxidation sites excluding steroid dienone is 2. The van der Waals surface area contributed by atoms with Crippen molar-refractivity contribution in [2.24, 2.45) is 4.99 Å². The van der Waals surface area contributed by atoms with Crippen LogP contribution in [0.15, 0.2) is 69.0 Å². The van der Waals surface area contributed by atoms with Crippen molar-refractivity contribution in [3.05, 3.63) is 80.7 Å². The Kier molecular flexibility index (Phi) is 5.56. The highest BCUT2D eigenvalue weighted by Crippen LogP contribution is 2.31. The first-order valence-corrected chi connectivity index (χ1v) is 9.42. The van der Waals surface area contributed by atoms with E-state index >= 15 is 0 Å². The van der Waals surface area contributed by atoms with Gasteiger partial charge in [0.05, 0.1) is 10.6 Å². The highest BCUT2D eigenvalue weighted by atomic mass is 79.9. The number of hydrogen-bond donors (Lipinski definition) is 1. The van der Waals surface area contributed by atoms with Crippen LogP contribution < -0.4 is 5.32 Å². The molecule has 0 bridgehead atoms. The van der Waals surface area contributed by atoms with Crippen molar-refractivity contribution in [2.75, 3.05) is 0 Å². The van der Waals surface area contributed by atoms with Crippen LogP contribution in [0.2, 0.25) is 0 Å². The molecule has 3 rings (SSSR count). The lowest BCUT2D eigenvalue weighted by Crippen LogP contribution is -2.19. The van der Waals surface area contributed by atoms with Crippen molar-refractivity contribution in [2.45, 2.75) is 13.8 Å². The SMILES string of the molecule is Cc1cccc(C)c1N=C1NC(=O)C(=C/C(Br)=C/c2ccccc2)S1. The molecule has 1 heterocycles. The molecule has 1 fully saturated rings. The van der Waals surface area contributed by atoms with Gasteiger partial charge in [0.1, 0.15) is 0 Å². The summed E-state index contributed by atoms with van der Waals surface area (Å²) in [5.41, 5.74) is 4.15. The Morgan fingerprint density at radius 2 is 1.76 bits per heavy atom. The maximum atomic E-state index is 12.2. The van der Waals surface area contributed by atoms with Crippen LogP contribution in [0.5, 0.6) is 0 Å². The summed E-state index contributed by atoms with van der Waals surface area (Å²) in [5.74, 6) is -0.131. The van der Waals surface area contributed by atoms with E-state index < -0.39 is 0 Å². The molecule has 3 nitrogen and oxygen atoms in total. The van der Waals surface area contributed by atoms with Crippen LogP contribution in [-0.2, 0) is 4.79 Å². The van der Waals surface area contributed by atoms with Gasteiger partial charge in [0.2, 0.25) is 0 Å². The number of nitrogens with one attached hydrogen (secondary N) is 1. The molecule has 0 spiro atoms. The minimum atomic E-state index is -0.131. The van der Waals surface area contributed by atoms with Crippen LogP contribution in [0.3, 0.4) is 0 Å². The lowest BCUT2D eigenvalue weighted by atomic mass is 10.1. The molecule has 126 valence electrons. The van der Waals surface area contributed by atoms with Gasteiger partial charge < -0.3 is 5.32 Å². The third-order valence-corrected chi connectivity index (χ3v) is 5.04. The Morgan fingerprint density at radius 3 is 2.44 bits per heavy atom. The van der Waals surface area contributed by atoms with Crippen molar-refractivity contribution in [1.82, 2.24) is 5.32 Å². The molecule has 5 heteroatoms. The number of amides is 1. The number of thioether (sulfide) groups is 1. The first-order chi connectivity index (χ1) is 12.0. The fraction of sp³-hybridized carbons (Fsp3) is 0.100. The van der Waals surface area contributed by atoms with Gasteiger partial charge in [-0.05, 0) is 54.5 Å². The van der Waals surface area contributed by atoms with E-state index in [1.807, 2.05) is 74.5 Å². The molecule has 0 atom stereocenters. The van der Waals surface area contributed by atoms with E-state index in [2.05, 4.69) is 26.2 Å². The third-order valence-electron chi connectivity index (χ3n) is 3.68. The molecular weight excluding hydrogens is 396 g/mol. The van der Waals surface area contributed by atoms with E-state index in [-0.39, 0.29) is 5.91 Å². The molecule has 2 aromatic rings. The summed E-state index contributed by atoms with van der Waals surface area (Å²) in [6.07, 6.45) is 3.79. The fourth-order valence-electron chi connectivity index (χ4n) is 2.44. The average molecular weight is 413 g/mol. The average Bonchev–Trinajstić information content (AvgIpc) is 2.91. The Balaban J connectivity index is 1.83. The van der Waals surface area contributed by atoms with Crippen LogP contribution >= 0.6 is 27.7 Å². The number of nitrogens with zero attached hydrogens (tertiary/aromatic N) is 1. The first-order valence-electron chi connectivity index (χ1n) is 7.81. The van der Waals surface area contributed by atoms with Gasteiger partial charge >= 0.3 is 0 Å². The van der Waals surface area contributed by atoms with Crippen LogP contribution in [-0.4, -0.2) is 11.1 Å². The number of benzene rings is 2. The van der Waals surface area contributed by atoms with Crippen molar-refractivity contribution in [1.29, 1.82) is 0 Å². The molecule has 25 heavy (non-hydrogen) atoms. The molecule has 0 unspecified atom stereocenters. The number of carbonyl (C=O) groups is 1. The van der Waals surface area contributed by atoms with E-state index in [1.54, 1.807) is 0 Å². The largest absolute Gasteiger partial charge is 0.300 e. The Bertz CT molecular complexity index is 881. The Morgan fingerprint density at radius 1 is 1.08 bits per heavy atom. The van der Waals surface area contributed by atoms with E-state index in [9.17, 15) is 4.79 Å². The number of aryl methyl sites for hydroxylation is 2. The standard InChI is InChI=1S/C20H17BrN2OS/c1-13-7-6-8-14(2)18(13)22-20-23-19(24)17(25-20)12-16(21)11-15-9-4-3-5-10-15/h3-12H,1-2H3,(H,22,23,24)/b16-11-,17-12?. The zero-order valence-electron chi connectivity index (χ0n) is 13.9. The highest BCUT2D eigenvalue weighted by molar-refractivity contribution is 9.12. The normalized spacial score (nSPS) is 18.0. The van der Waals surface area contributed by atoms with Gasteiger partial charge in [0.25, 0.3) is 5.91 Å². The maximum absolute atomic E-state index is 12.2. The Labute approximate surface area is 160 Å². The van der Waals surface area contributed by atoms with Gasteiger partial charge in [-0.25, -0.2) is 4.99 Å². The molecule has 0 radical (unpaired) electrons. The van der Waals surface area contributed by atoms with E-state index in [0.29, 0.717) is 10.1 Å². The zero-order chi connectivity index (χ0) is 17.8. The monoisotopic (exact) mass is 412 g/mol. The summed E-state index contributed by atoms with van der Waals surface area (Å²) in [6.45, 7) is 4.04. The molecule has 1 aliphatic heterocycles. The number of hydrogen-bond acceptors (Lipinski definition) is 3. The number of halogens is 1.